The first kappa shape index (κ1) is 15.6. The molecule has 0 bridgehead atoms. The minimum atomic E-state index is -0.563. The number of carbonyl (C=O) groups is 2. The maximum Gasteiger partial charge on any atom is 0.266 e. The van der Waals surface area contributed by atoms with E-state index in [-0.39, 0.29) is 17.2 Å². The van der Waals surface area contributed by atoms with Gasteiger partial charge in [0.1, 0.15) is 11.3 Å². The molecule has 1 aromatic rings. The van der Waals surface area contributed by atoms with Gasteiger partial charge in [-0.15, -0.1) is 6.58 Å². The van der Waals surface area contributed by atoms with E-state index in [1.165, 1.54) is 17.1 Å². The molecule has 0 saturated carbocycles. The van der Waals surface area contributed by atoms with Crippen LogP contribution >= 0.6 is 12.2 Å². The summed E-state index contributed by atoms with van der Waals surface area (Å²) >= 11 is 4.98. The molecular formula is C15H14N2O5S. The van der Waals surface area contributed by atoms with Gasteiger partial charge in [0.25, 0.3) is 11.8 Å². The van der Waals surface area contributed by atoms with Gasteiger partial charge in [-0.1, -0.05) is 6.08 Å². The van der Waals surface area contributed by atoms with Crippen molar-refractivity contribution in [1.82, 2.24) is 10.2 Å². The summed E-state index contributed by atoms with van der Waals surface area (Å²) in [5.41, 5.74) is -0.0605. The van der Waals surface area contributed by atoms with E-state index in [0.717, 1.165) is 0 Å². The maximum absolute atomic E-state index is 12.4. The van der Waals surface area contributed by atoms with Crippen molar-refractivity contribution in [1.29, 1.82) is 0 Å². The zero-order valence-corrected chi connectivity index (χ0v) is 12.9. The highest BCUT2D eigenvalue weighted by Gasteiger charge is 2.33. The largest absolute Gasteiger partial charge is 0.456 e. The molecule has 3 heterocycles. The van der Waals surface area contributed by atoms with Crippen LogP contribution in [0.4, 0.5) is 0 Å². The van der Waals surface area contributed by atoms with E-state index in [9.17, 15) is 9.59 Å². The zero-order valence-electron chi connectivity index (χ0n) is 12.1. The lowest BCUT2D eigenvalue weighted by molar-refractivity contribution is -0.128. The Morgan fingerprint density at radius 3 is 2.78 bits per heavy atom. The second-order valence-corrected chi connectivity index (χ2v) is 5.22. The summed E-state index contributed by atoms with van der Waals surface area (Å²) in [6.07, 6.45) is 2.34. The molecule has 0 aliphatic carbocycles. The van der Waals surface area contributed by atoms with Gasteiger partial charge in [-0.05, 0) is 30.4 Å². The van der Waals surface area contributed by atoms with Crippen LogP contribution in [0.3, 0.4) is 0 Å². The summed E-state index contributed by atoms with van der Waals surface area (Å²) in [5.74, 6) is -0.225. The third kappa shape index (κ3) is 3.09. The predicted molar refractivity (Wildman–Crippen MR) is 84.0 cm³/mol. The molecule has 0 unspecified atom stereocenters. The molecule has 2 fully saturated rings. The van der Waals surface area contributed by atoms with E-state index in [1.54, 1.807) is 12.1 Å². The van der Waals surface area contributed by atoms with Crippen molar-refractivity contribution in [2.24, 2.45) is 0 Å². The number of thiocarbonyl (C=S) groups is 1. The van der Waals surface area contributed by atoms with Gasteiger partial charge in [0.15, 0.2) is 10.9 Å². The lowest BCUT2D eigenvalue weighted by atomic mass is 10.1. The van der Waals surface area contributed by atoms with Crippen LogP contribution in [0, 0.1) is 0 Å². The Balaban J connectivity index is 1.85. The standard InChI is InChI=1S/C15H14N2O5S/c1-2-5-17-13(19)10(12(18)16-15(17)23)8-9-3-4-11(22-9)14-20-6-7-21-14/h2-4,8,14H,1,5-7H2,(H,16,18,23). The number of ether oxygens (including phenoxy) is 2. The van der Waals surface area contributed by atoms with Crippen molar-refractivity contribution in [3.63, 3.8) is 0 Å². The van der Waals surface area contributed by atoms with E-state index in [0.29, 0.717) is 24.7 Å². The van der Waals surface area contributed by atoms with Gasteiger partial charge < -0.3 is 13.9 Å². The number of nitrogens with zero attached hydrogens (tertiary/aromatic N) is 1. The first-order valence-corrected chi connectivity index (χ1v) is 7.33. The van der Waals surface area contributed by atoms with Crippen LogP contribution in [0.2, 0.25) is 0 Å². The Hall–Kier alpha value is -2.29. The quantitative estimate of drug-likeness (QED) is 0.385. The third-order valence-corrected chi connectivity index (χ3v) is 3.61. The summed E-state index contributed by atoms with van der Waals surface area (Å²) < 4.78 is 16.2. The molecule has 0 atom stereocenters. The Morgan fingerprint density at radius 1 is 1.35 bits per heavy atom. The highest BCUT2D eigenvalue weighted by molar-refractivity contribution is 7.80. The molecule has 23 heavy (non-hydrogen) atoms. The van der Waals surface area contributed by atoms with Gasteiger partial charge >= 0.3 is 0 Å². The molecule has 2 saturated heterocycles. The number of carbonyl (C=O) groups excluding carboxylic acids is 2. The Bertz CT molecular complexity index is 702. The van der Waals surface area contributed by atoms with Gasteiger partial charge in [-0.2, -0.15) is 0 Å². The summed E-state index contributed by atoms with van der Waals surface area (Å²) in [4.78, 5) is 25.6. The fourth-order valence-electron chi connectivity index (χ4n) is 2.23. The van der Waals surface area contributed by atoms with Crippen molar-refractivity contribution in [3.05, 3.63) is 41.9 Å². The van der Waals surface area contributed by atoms with Crippen molar-refractivity contribution >= 4 is 35.2 Å². The zero-order chi connectivity index (χ0) is 16.4. The molecule has 0 radical (unpaired) electrons. The molecule has 1 aromatic heterocycles. The highest BCUT2D eigenvalue weighted by Crippen LogP contribution is 2.26. The fourth-order valence-corrected chi connectivity index (χ4v) is 2.48. The lowest BCUT2D eigenvalue weighted by Gasteiger charge is -2.27. The second kappa shape index (κ2) is 6.45. The highest BCUT2D eigenvalue weighted by atomic mass is 32.1. The van der Waals surface area contributed by atoms with E-state index in [1.807, 2.05) is 0 Å². The molecule has 7 nitrogen and oxygen atoms in total. The van der Waals surface area contributed by atoms with Gasteiger partial charge in [-0.25, -0.2) is 0 Å². The van der Waals surface area contributed by atoms with Crippen LogP contribution in [0.15, 0.2) is 34.8 Å². The number of amides is 2. The van der Waals surface area contributed by atoms with E-state index < -0.39 is 18.1 Å². The molecule has 2 aliphatic heterocycles. The van der Waals surface area contributed by atoms with Crippen LogP contribution in [0.5, 0.6) is 0 Å². The molecule has 0 aromatic carbocycles. The number of hydrogen-bond donors (Lipinski definition) is 1. The van der Waals surface area contributed by atoms with Gasteiger partial charge in [0.2, 0.25) is 6.29 Å². The SMILES string of the molecule is C=CCN1C(=O)C(=Cc2ccc(C3OCCO3)o2)C(=O)NC1=S. The van der Waals surface area contributed by atoms with Crippen molar-refractivity contribution in [3.8, 4) is 0 Å². The van der Waals surface area contributed by atoms with Gasteiger partial charge in [0.05, 0.1) is 13.2 Å². The summed E-state index contributed by atoms with van der Waals surface area (Å²) in [7, 11) is 0. The Morgan fingerprint density at radius 2 is 2.09 bits per heavy atom. The number of nitrogens with one attached hydrogen (secondary N) is 1. The second-order valence-electron chi connectivity index (χ2n) is 4.84. The molecule has 2 aliphatic rings. The monoisotopic (exact) mass is 334 g/mol. The number of rotatable bonds is 4. The topological polar surface area (TPSA) is 81.0 Å². The smallest absolute Gasteiger partial charge is 0.266 e. The van der Waals surface area contributed by atoms with E-state index in [4.69, 9.17) is 26.1 Å². The van der Waals surface area contributed by atoms with Crippen LogP contribution in [0.25, 0.3) is 6.08 Å². The first-order valence-electron chi connectivity index (χ1n) is 6.93. The normalized spacial score (nSPS) is 21.1. The summed E-state index contributed by atoms with van der Waals surface area (Å²) in [6.45, 7) is 4.77. The molecule has 2 amide bonds. The minimum absolute atomic E-state index is 0.0601. The lowest BCUT2D eigenvalue weighted by Crippen LogP contribution is -2.53. The molecule has 1 N–H and O–H groups in total. The van der Waals surface area contributed by atoms with Gasteiger partial charge in [-0.3, -0.25) is 19.8 Å². The average Bonchev–Trinajstić information content (AvgIpc) is 3.18. The number of furan rings is 1. The Labute approximate surface area is 137 Å². The molecular weight excluding hydrogens is 320 g/mol. The van der Waals surface area contributed by atoms with Crippen molar-refractivity contribution in [2.45, 2.75) is 6.29 Å². The molecule has 0 spiro atoms. The van der Waals surface area contributed by atoms with Crippen LogP contribution in [0.1, 0.15) is 17.8 Å². The average molecular weight is 334 g/mol. The Kier molecular flexibility index (Phi) is 4.37. The van der Waals surface area contributed by atoms with Crippen LogP contribution in [-0.4, -0.2) is 41.6 Å². The van der Waals surface area contributed by atoms with E-state index in [2.05, 4.69) is 11.9 Å². The number of hydrogen-bond acceptors (Lipinski definition) is 6. The van der Waals surface area contributed by atoms with Crippen LogP contribution in [-0.2, 0) is 19.1 Å². The molecule has 8 heteroatoms. The predicted octanol–water partition coefficient (Wildman–Crippen LogP) is 1.14. The first-order chi connectivity index (χ1) is 11.1. The summed E-state index contributed by atoms with van der Waals surface area (Å²) in [5, 5.41) is 2.53. The van der Waals surface area contributed by atoms with E-state index >= 15 is 0 Å². The minimum Gasteiger partial charge on any atom is -0.456 e. The molecule has 3 rings (SSSR count). The summed E-state index contributed by atoms with van der Waals surface area (Å²) in [6, 6.07) is 3.32. The van der Waals surface area contributed by atoms with Crippen molar-refractivity contribution in [2.75, 3.05) is 19.8 Å². The third-order valence-electron chi connectivity index (χ3n) is 3.29. The van der Waals surface area contributed by atoms with Gasteiger partial charge in [0, 0.05) is 6.54 Å². The fraction of sp³-hybridized carbons (Fsp3) is 0.267. The van der Waals surface area contributed by atoms with Crippen molar-refractivity contribution < 1.29 is 23.5 Å². The van der Waals surface area contributed by atoms with Crippen LogP contribution < -0.4 is 5.32 Å². The maximum atomic E-state index is 12.4. The molecule has 120 valence electrons.